The molecule has 1 heterocycles. The Balaban J connectivity index is 0.00000208. The van der Waals surface area contributed by atoms with Crippen molar-refractivity contribution >= 4 is 18.4 Å². The second-order valence-electron chi connectivity index (χ2n) is 5.13. The molecule has 0 spiro atoms. The molecule has 1 aromatic heterocycles. The van der Waals surface area contributed by atoms with Gasteiger partial charge in [0.05, 0.1) is 0 Å². The first-order valence-electron chi connectivity index (χ1n) is 7.10. The van der Waals surface area contributed by atoms with Gasteiger partial charge in [0.25, 0.3) is 5.89 Å². The normalized spacial score (nSPS) is 11.5. The first-order valence-corrected chi connectivity index (χ1v) is 7.10. The van der Waals surface area contributed by atoms with Crippen LogP contribution >= 0.6 is 12.4 Å². The lowest BCUT2D eigenvalue weighted by Crippen LogP contribution is -2.32. The fourth-order valence-corrected chi connectivity index (χ4v) is 2.17. The summed E-state index contributed by atoms with van der Waals surface area (Å²) in [4.78, 5) is 15.1. The number of aliphatic carboxylic acids is 1. The topological polar surface area (TPSA) is 102 Å². The fraction of sp³-hybridized carbons (Fsp3) is 0.118. The summed E-state index contributed by atoms with van der Waals surface area (Å²) in [5, 5.41) is 12.8. The van der Waals surface area contributed by atoms with Crippen molar-refractivity contribution in [2.45, 2.75) is 12.5 Å². The molecule has 0 bridgehead atoms. The van der Waals surface area contributed by atoms with E-state index in [0.29, 0.717) is 11.7 Å². The summed E-state index contributed by atoms with van der Waals surface area (Å²) < 4.78 is 5.27. The molecule has 0 saturated heterocycles. The molecule has 0 saturated carbocycles. The van der Waals surface area contributed by atoms with Gasteiger partial charge in [0.15, 0.2) is 0 Å². The zero-order chi connectivity index (χ0) is 16.2. The molecule has 3 aromatic rings. The Morgan fingerprint density at radius 3 is 2.38 bits per heavy atom. The van der Waals surface area contributed by atoms with Crippen molar-refractivity contribution in [3.05, 3.63) is 60.2 Å². The third-order valence-electron chi connectivity index (χ3n) is 3.43. The number of rotatable bonds is 5. The maximum absolute atomic E-state index is 10.8. The Morgan fingerprint density at radius 2 is 1.75 bits per heavy atom. The summed E-state index contributed by atoms with van der Waals surface area (Å²) in [5.41, 5.74) is 8.02. The summed E-state index contributed by atoms with van der Waals surface area (Å²) in [5.74, 6) is -0.0738. The molecule has 0 aliphatic carbocycles. The lowest BCUT2D eigenvalue weighted by atomic mass is 10.0. The van der Waals surface area contributed by atoms with Crippen LogP contribution in [-0.2, 0) is 11.2 Å². The van der Waals surface area contributed by atoms with E-state index in [2.05, 4.69) is 10.1 Å². The van der Waals surface area contributed by atoms with Crippen molar-refractivity contribution in [2.75, 3.05) is 0 Å². The molecule has 0 fully saturated rings. The average molecular weight is 346 g/mol. The van der Waals surface area contributed by atoms with Crippen LogP contribution in [0.1, 0.15) is 5.56 Å². The molecule has 7 heteroatoms. The number of hydrogen-bond donors (Lipinski definition) is 2. The molecule has 0 aliphatic rings. The van der Waals surface area contributed by atoms with E-state index < -0.39 is 12.0 Å². The summed E-state index contributed by atoms with van der Waals surface area (Å²) in [6.07, 6.45) is 0.275. The highest BCUT2D eigenvalue weighted by Crippen LogP contribution is 2.22. The van der Waals surface area contributed by atoms with Gasteiger partial charge in [-0.2, -0.15) is 4.98 Å². The van der Waals surface area contributed by atoms with E-state index in [9.17, 15) is 4.79 Å². The fourth-order valence-electron chi connectivity index (χ4n) is 2.17. The lowest BCUT2D eigenvalue weighted by Gasteiger charge is -2.06. The smallest absolute Gasteiger partial charge is 0.320 e. The maximum Gasteiger partial charge on any atom is 0.320 e. The average Bonchev–Trinajstić information content (AvgIpc) is 3.06. The Kier molecular flexibility index (Phi) is 5.68. The van der Waals surface area contributed by atoms with Crippen LogP contribution in [0.2, 0.25) is 0 Å². The van der Waals surface area contributed by atoms with E-state index in [1.807, 2.05) is 54.6 Å². The van der Waals surface area contributed by atoms with Crippen molar-refractivity contribution in [3.8, 4) is 22.8 Å². The van der Waals surface area contributed by atoms with Gasteiger partial charge in [0.2, 0.25) is 5.82 Å². The molecule has 6 nitrogen and oxygen atoms in total. The third kappa shape index (κ3) is 3.98. The zero-order valence-electron chi connectivity index (χ0n) is 12.6. The predicted octanol–water partition coefficient (Wildman–Crippen LogP) is 2.78. The highest BCUT2D eigenvalue weighted by Gasteiger charge is 2.13. The van der Waals surface area contributed by atoms with Crippen LogP contribution in [0.25, 0.3) is 22.8 Å². The van der Waals surface area contributed by atoms with Crippen LogP contribution in [0, 0.1) is 0 Å². The Bertz CT molecular complexity index is 803. The van der Waals surface area contributed by atoms with Crippen LogP contribution in [-0.4, -0.2) is 27.3 Å². The number of carbonyl (C=O) groups is 1. The molecule has 3 N–H and O–H groups in total. The summed E-state index contributed by atoms with van der Waals surface area (Å²) in [6, 6.07) is 15.9. The Labute approximate surface area is 144 Å². The van der Waals surface area contributed by atoms with E-state index in [0.717, 1.165) is 16.7 Å². The number of benzene rings is 2. The largest absolute Gasteiger partial charge is 0.480 e. The number of nitrogens with zero attached hydrogens (tertiary/aromatic N) is 2. The number of halogens is 1. The molecule has 24 heavy (non-hydrogen) atoms. The van der Waals surface area contributed by atoms with E-state index in [1.54, 1.807) is 0 Å². The second kappa shape index (κ2) is 7.72. The number of nitrogens with two attached hydrogens (primary N) is 1. The van der Waals surface area contributed by atoms with Gasteiger partial charge in [-0.25, -0.2) is 0 Å². The molecule has 1 unspecified atom stereocenters. The molecule has 1 atom stereocenters. The maximum atomic E-state index is 10.8. The lowest BCUT2D eigenvalue weighted by molar-refractivity contribution is -0.138. The minimum atomic E-state index is -1.01. The molecule has 124 valence electrons. The van der Waals surface area contributed by atoms with Crippen molar-refractivity contribution in [2.24, 2.45) is 5.73 Å². The zero-order valence-corrected chi connectivity index (χ0v) is 13.4. The second-order valence-corrected chi connectivity index (χ2v) is 5.13. The van der Waals surface area contributed by atoms with Gasteiger partial charge in [0.1, 0.15) is 6.04 Å². The van der Waals surface area contributed by atoms with Gasteiger partial charge >= 0.3 is 5.97 Å². The molecule has 0 amide bonds. The number of hydrogen-bond acceptors (Lipinski definition) is 5. The molecular formula is C17H16ClN3O3. The van der Waals surface area contributed by atoms with Crippen molar-refractivity contribution < 1.29 is 14.4 Å². The van der Waals surface area contributed by atoms with Crippen LogP contribution in [0.3, 0.4) is 0 Å². The first kappa shape index (κ1) is 17.7. The minimum Gasteiger partial charge on any atom is -0.480 e. The van der Waals surface area contributed by atoms with Crippen LogP contribution in [0.4, 0.5) is 0 Å². The Morgan fingerprint density at radius 1 is 1.08 bits per heavy atom. The SMILES string of the molecule is Cl.NC(Cc1ccc(-c2noc(-c3ccccc3)n2)cc1)C(=O)O. The van der Waals surface area contributed by atoms with Crippen molar-refractivity contribution in [3.63, 3.8) is 0 Å². The minimum absolute atomic E-state index is 0. The number of carboxylic acids is 1. The van der Waals surface area contributed by atoms with E-state index >= 15 is 0 Å². The summed E-state index contributed by atoms with van der Waals surface area (Å²) in [7, 11) is 0. The summed E-state index contributed by atoms with van der Waals surface area (Å²) in [6.45, 7) is 0. The number of aromatic nitrogens is 2. The van der Waals surface area contributed by atoms with Gasteiger partial charge in [-0.05, 0) is 24.1 Å². The van der Waals surface area contributed by atoms with E-state index in [-0.39, 0.29) is 18.8 Å². The van der Waals surface area contributed by atoms with E-state index in [4.69, 9.17) is 15.4 Å². The first-order chi connectivity index (χ1) is 11.1. The van der Waals surface area contributed by atoms with Gasteiger partial charge in [-0.15, -0.1) is 12.4 Å². The van der Waals surface area contributed by atoms with Crippen LogP contribution in [0.15, 0.2) is 59.1 Å². The van der Waals surface area contributed by atoms with Gasteiger partial charge in [-0.1, -0.05) is 47.6 Å². The molecular weight excluding hydrogens is 330 g/mol. The molecule has 2 aromatic carbocycles. The quantitative estimate of drug-likeness (QED) is 0.737. The summed E-state index contributed by atoms with van der Waals surface area (Å²) >= 11 is 0. The molecule has 0 radical (unpaired) electrons. The van der Waals surface area contributed by atoms with Crippen molar-refractivity contribution in [1.29, 1.82) is 0 Å². The monoisotopic (exact) mass is 345 g/mol. The van der Waals surface area contributed by atoms with Crippen molar-refractivity contribution in [1.82, 2.24) is 10.1 Å². The number of carboxylic acid groups (broad SMARTS) is 1. The highest BCUT2D eigenvalue weighted by molar-refractivity contribution is 5.85. The van der Waals surface area contributed by atoms with Gasteiger partial charge in [-0.3, -0.25) is 4.79 Å². The van der Waals surface area contributed by atoms with Crippen LogP contribution < -0.4 is 5.73 Å². The van der Waals surface area contributed by atoms with Crippen LogP contribution in [0.5, 0.6) is 0 Å². The van der Waals surface area contributed by atoms with E-state index in [1.165, 1.54) is 0 Å². The molecule has 0 aliphatic heterocycles. The van der Waals surface area contributed by atoms with Gasteiger partial charge < -0.3 is 15.4 Å². The molecule has 3 rings (SSSR count). The standard InChI is InChI=1S/C17H15N3O3.ClH/c18-14(17(21)22)10-11-6-8-12(9-7-11)15-19-16(23-20-15)13-4-2-1-3-5-13;/h1-9,14H,10,18H2,(H,21,22);1H. The predicted molar refractivity (Wildman–Crippen MR) is 91.7 cm³/mol. The highest BCUT2D eigenvalue weighted by atomic mass is 35.5. The van der Waals surface area contributed by atoms with Gasteiger partial charge in [0, 0.05) is 11.1 Å². The Hall–Kier alpha value is -2.70. The third-order valence-corrected chi connectivity index (χ3v) is 3.43.